The van der Waals surface area contributed by atoms with Gasteiger partial charge >= 0.3 is 6.36 Å². The van der Waals surface area contributed by atoms with Crippen LogP contribution in [0.25, 0.3) is 0 Å². The Morgan fingerprint density at radius 1 is 1.03 bits per heavy atom. The summed E-state index contributed by atoms with van der Waals surface area (Å²) in [7, 11) is 0. The van der Waals surface area contributed by atoms with Gasteiger partial charge in [0.25, 0.3) is 5.91 Å². The molecule has 0 saturated carbocycles. The van der Waals surface area contributed by atoms with Crippen LogP contribution in [0.4, 0.5) is 13.2 Å². The largest absolute Gasteiger partial charge is 0.573 e. The van der Waals surface area contributed by atoms with Crippen LogP contribution in [0.2, 0.25) is 0 Å². The highest BCUT2D eigenvalue weighted by Crippen LogP contribution is 2.24. The summed E-state index contributed by atoms with van der Waals surface area (Å²) in [6, 6.07) is 9.85. The molecular weight excluding hydrogens is 389 g/mol. The van der Waals surface area contributed by atoms with E-state index in [0.29, 0.717) is 11.1 Å². The zero-order valence-corrected chi connectivity index (χ0v) is 15.8. The first-order valence-electron chi connectivity index (χ1n) is 8.71. The van der Waals surface area contributed by atoms with Crippen LogP contribution in [0, 0.1) is 13.8 Å². The zero-order valence-electron chi connectivity index (χ0n) is 15.8. The summed E-state index contributed by atoms with van der Waals surface area (Å²) in [5, 5.41) is 15.0. The van der Waals surface area contributed by atoms with E-state index < -0.39 is 30.0 Å². The summed E-state index contributed by atoms with van der Waals surface area (Å²) in [5.41, 5.74) is 2.74. The first-order valence-corrected chi connectivity index (χ1v) is 8.71. The molecule has 0 saturated heterocycles. The molecule has 0 spiro atoms. The molecule has 0 aliphatic heterocycles. The van der Waals surface area contributed by atoms with Crippen molar-refractivity contribution in [2.75, 3.05) is 13.1 Å². The number of alkyl halides is 3. The number of aryl methyl sites for hydroxylation is 2. The second-order valence-corrected chi connectivity index (χ2v) is 6.42. The van der Waals surface area contributed by atoms with Crippen LogP contribution < -0.4 is 15.4 Å². The molecule has 2 aromatic carbocycles. The molecule has 0 aliphatic rings. The van der Waals surface area contributed by atoms with E-state index >= 15 is 0 Å². The lowest BCUT2D eigenvalue weighted by Gasteiger charge is -2.14. The van der Waals surface area contributed by atoms with Gasteiger partial charge < -0.3 is 20.5 Å². The van der Waals surface area contributed by atoms with Crippen molar-refractivity contribution in [1.82, 2.24) is 10.6 Å². The first kappa shape index (κ1) is 22.2. The van der Waals surface area contributed by atoms with E-state index in [1.807, 2.05) is 19.9 Å². The molecule has 2 amide bonds. The number of benzene rings is 2. The molecule has 1 unspecified atom stereocenters. The third-order valence-corrected chi connectivity index (χ3v) is 4.17. The maximum absolute atomic E-state index is 12.1. The lowest BCUT2D eigenvalue weighted by Crippen LogP contribution is -2.38. The minimum Gasteiger partial charge on any atom is -0.406 e. The van der Waals surface area contributed by atoms with Gasteiger partial charge in [-0.05, 0) is 54.8 Å². The van der Waals surface area contributed by atoms with Gasteiger partial charge in [-0.2, -0.15) is 0 Å². The molecule has 0 heterocycles. The monoisotopic (exact) mass is 410 g/mol. The second-order valence-electron chi connectivity index (χ2n) is 6.42. The summed E-state index contributed by atoms with van der Waals surface area (Å²) in [5.74, 6) is -1.33. The Labute approximate surface area is 165 Å². The SMILES string of the molecule is Cc1ccc(C(=O)NCC(=O)NCC(O)c2ccc(OC(F)(F)F)cc2)cc1C. The molecule has 2 rings (SSSR count). The van der Waals surface area contributed by atoms with Gasteiger partial charge in [-0.3, -0.25) is 9.59 Å². The highest BCUT2D eigenvalue weighted by atomic mass is 19.4. The van der Waals surface area contributed by atoms with Crippen LogP contribution in [0.15, 0.2) is 42.5 Å². The van der Waals surface area contributed by atoms with Crippen LogP contribution in [-0.4, -0.2) is 36.4 Å². The third-order valence-electron chi connectivity index (χ3n) is 4.17. The number of aliphatic hydroxyl groups is 1. The van der Waals surface area contributed by atoms with E-state index in [1.165, 1.54) is 12.1 Å². The Balaban J connectivity index is 1.79. The average Bonchev–Trinajstić information content (AvgIpc) is 2.65. The van der Waals surface area contributed by atoms with Gasteiger partial charge in [-0.1, -0.05) is 18.2 Å². The van der Waals surface area contributed by atoms with E-state index in [2.05, 4.69) is 15.4 Å². The summed E-state index contributed by atoms with van der Waals surface area (Å²) < 4.78 is 40.2. The Hall–Kier alpha value is -3.07. The standard InChI is InChI=1S/C20H21F3N2O4/c1-12-3-4-15(9-13(12)2)19(28)25-11-18(27)24-10-17(26)14-5-7-16(8-6-14)29-20(21,22)23/h3-9,17,26H,10-11H2,1-2H3,(H,24,27)(H,25,28). The van der Waals surface area contributed by atoms with Crippen LogP contribution in [-0.2, 0) is 4.79 Å². The van der Waals surface area contributed by atoms with Crippen molar-refractivity contribution in [3.05, 3.63) is 64.7 Å². The normalized spacial score (nSPS) is 12.2. The lowest BCUT2D eigenvalue weighted by atomic mass is 10.1. The predicted octanol–water partition coefficient (Wildman–Crippen LogP) is 2.78. The number of ether oxygens (including phenoxy) is 1. The minimum atomic E-state index is -4.80. The van der Waals surface area contributed by atoms with Crippen molar-refractivity contribution in [3.8, 4) is 5.75 Å². The molecule has 0 fully saturated rings. The zero-order chi connectivity index (χ0) is 21.6. The molecule has 2 aromatic rings. The molecule has 3 N–H and O–H groups in total. The quantitative estimate of drug-likeness (QED) is 0.655. The molecule has 6 nitrogen and oxygen atoms in total. The summed E-state index contributed by atoms with van der Waals surface area (Å²) in [6.07, 6.45) is -5.93. The Morgan fingerprint density at radius 2 is 1.69 bits per heavy atom. The van der Waals surface area contributed by atoms with Gasteiger partial charge in [-0.25, -0.2) is 0 Å². The van der Waals surface area contributed by atoms with Crippen molar-refractivity contribution in [2.45, 2.75) is 26.3 Å². The fourth-order valence-electron chi connectivity index (χ4n) is 2.43. The first-order chi connectivity index (χ1) is 13.5. The van der Waals surface area contributed by atoms with Gasteiger partial charge in [0.15, 0.2) is 0 Å². The lowest BCUT2D eigenvalue weighted by molar-refractivity contribution is -0.274. The molecule has 0 radical (unpaired) electrons. The molecule has 29 heavy (non-hydrogen) atoms. The van der Waals surface area contributed by atoms with Gasteiger partial charge in [0.1, 0.15) is 5.75 Å². The number of carbonyl (C=O) groups excluding carboxylic acids is 2. The number of hydrogen-bond donors (Lipinski definition) is 3. The molecule has 9 heteroatoms. The predicted molar refractivity (Wildman–Crippen MR) is 99.3 cm³/mol. The highest BCUT2D eigenvalue weighted by Gasteiger charge is 2.31. The van der Waals surface area contributed by atoms with Crippen molar-refractivity contribution >= 4 is 11.8 Å². The number of hydrogen-bond acceptors (Lipinski definition) is 4. The highest BCUT2D eigenvalue weighted by molar-refractivity contribution is 5.96. The van der Waals surface area contributed by atoms with Crippen molar-refractivity contribution < 1.29 is 32.6 Å². The Morgan fingerprint density at radius 3 is 2.28 bits per heavy atom. The summed E-state index contributed by atoms with van der Waals surface area (Å²) in [4.78, 5) is 23.9. The van der Waals surface area contributed by atoms with Crippen molar-refractivity contribution in [1.29, 1.82) is 0 Å². The van der Waals surface area contributed by atoms with E-state index in [-0.39, 0.29) is 13.1 Å². The second kappa shape index (κ2) is 9.42. The molecule has 156 valence electrons. The van der Waals surface area contributed by atoms with Crippen LogP contribution in [0.5, 0.6) is 5.75 Å². The number of aliphatic hydroxyl groups excluding tert-OH is 1. The van der Waals surface area contributed by atoms with E-state index in [4.69, 9.17) is 0 Å². The number of nitrogens with one attached hydrogen (secondary N) is 2. The molecule has 0 aromatic heterocycles. The maximum atomic E-state index is 12.1. The Kier molecular flexibility index (Phi) is 7.22. The van der Waals surface area contributed by atoms with E-state index in [9.17, 15) is 27.9 Å². The fourth-order valence-corrected chi connectivity index (χ4v) is 2.43. The van der Waals surface area contributed by atoms with Gasteiger partial charge in [0.05, 0.1) is 12.6 Å². The van der Waals surface area contributed by atoms with E-state index in [1.54, 1.807) is 12.1 Å². The van der Waals surface area contributed by atoms with Gasteiger partial charge in [0, 0.05) is 12.1 Å². The van der Waals surface area contributed by atoms with Crippen LogP contribution in [0.1, 0.15) is 33.2 Å². The minimum absolute atomic E-state index is 0.169. The van der Waals surface area contributed by atoms with Crippen LogP contribution in [0.3, 0.4) is 0 Å². The molecular formula is C20H21F3N2O4. The third kappa shape index (κ3) is 7.11. The Bertz CT molecular complexity index is 867. The number of carbonyl (C=O) groups is 2. The molecule has 0 bridgehead atoms. The van der Waals surface area contributed by atoms with E-state index in [0.717, 1.165) is 23.3 Å². The molecule has 1 atom stereocenters. The topological polar surface area (TPSA) is 87.7 Å². The summed E-state index contributed by atoms with van der Waals surface area (Å²) >= 11 is 0. The van der Waals surface area contributed by atoms with Crippen LogP contribution >= 0.6 is 0 Å². The fraction of sp³-hybridized carbons (Fsp3) is 0.300. The number of rotatable bonds is 7. The smallest absolute Gasteiger partial charge is 0.406 e. The number of halogens is 3. The van der Waals surface area contributed by atoms with Crippen molar-refractivity contribution in [3.63, 3.8) is 0 Å². The van der Waals surface area contributed by atoms with Gasteiger partial charge in [-0.15, -0.1) is 13.2 Å². The molecule has 0 aliphatic carbocycles. The number of amides is 2. The maximum Gasteiger partial charge on any atom is 0.573 e. The van der Waals surface area contributed by atoms with Crippen molar-refractivity contribution in [2.24, 2.45) is 0 Å². The average molecular weight is 410 g/mol. The van der Waals surface area contributed by atoms with Gasteiger partial charge in [0.2, 0.25) is 5.91 Å². The summed E-state index contributed by atoms with van der Waals surface area (Å²) in [6.45, 7) is 3.35.